The second-order valence-corrected chi connectivity index (χ2v) is 6.57. The first kappa shape index (κ1) is 17.3. The van der Waals surface area contributed by atoms with Gasteiger partial charge in [-0.2, -0.15) is 17.5 Å². The van der Waals surface area contributed by atoms with Crippen molar-refractivity contribution in [3.8, 4) is 16.9 Å². The molecule has 0 radical (unpaired) electrons. The molecule has 10 heteroatoms. The van der Waals surface area contributed by atoms with Crippen LogP contribution in [0.2, 0.25) is 0 Å². The highest BCUT2D eigenvalue weighted by Crippen LogP contribution is 2.32. The fraction of sp³-hybridized carbons (Fsp3) is 0.118. The van der Waals surface area contributed by atoms with E-state index >= 15 is 0 Å². The molecule has 0 fully saturated rings. The van der Waals surface area contributed by atoms with E-state index in [1.807, 2.05) is 0 Å². The molecule has 0 spiro atoms. The van der Waals surface area contributed by atoms with E-state index in [-0.39, 0.29) is 5.69 Å². The van der Waals surface area contributed by atoms with Crippen molar-refractivity contribution in [2.24, 2.45) is 7.05 Å². The van der Waals surface area contributed by atoms with Crippen LogP contribution in [0.3, 0.4) is 0 Å². The Hall–Kier alpha value is -3.14. The summed E-state index contributed by atoms with van der Waals surface area (Å²) in [6.45, 7) is 0. The van der Waals surface area contributed by atoms with Crippen molar-refractivity contribution in [1.29, 1.82) is 0 Å². The molecule has 0 unspecified atom stereocenters. The molecular weight excluding hydrogens is 383 g/mol. The lowest BCUT2D eigenvalue weighted by atomic mass is 10.1. The van der Waals surface area contributed by atoms with Crippen LogP contribution < -0.4 is 11.2 Å². The molecule has 0 saturated heterocycles. The van der Waals surface area contributed by atoms with E-state index in [0.29, 0.717) is 31.8 Å². The Labute approximate surface area is 152 Å². The van der Waals surface area contributed by atoms with E-state index in [0.717, 1.165) is 11.7 Å². The van der Waals surface area contributed by atoms with Crippen LogP contribution in [0.5, 0.6) is 0 Å². The molecule has 0 bridgehead atoms. The maximum atomic E-state index is 13.0. The molecule has 3 heterocycles. The van der Waals surface area contributed by atoms with Gasteiger partial charge >= 0.3 is 11.9 Å². The van der Waals surface area contributed by atoms with Crippen molar-refractivity contribution < 1.29 is 17.6 Å². The minimum atomic E-state index is -4.80. The van der Waals surface area contributed by atoms with Crippen LogP contribution in [0.4, 0.5) is 13.2 Å². The van der Waals surface area contributed by atoms with Gasteiger partial charge in [0.05, 0.1) is 28.6 Å². The van der Waals surface area contributed by atoms with Gasteiger partial charge in [-0.05, 0) is 35.8 Å². The SMILES string of the molecule is Cn1c(C(F)(F)F)cc(=O)n(-c2ccc3snc(-c4ccoc4)c3c2)c1=O. The second-order valence-electron chi connectivity index (χ2n) is 5.77. The lowest BCUT2D eigenvalue weighted by Gasteiger charge is -2.14. The van der Waals surface area contributed by atoms with Gasteiger partial charge in [-0.15, -0.1) is 0 Å². The van der Waals surface area contributed by atoms with Gasteiger partial charge < -0.3 is 4.42 Å². The highest BCUT2D eigenvalue weighted by Gasteiger charge is 2.35. The number of alkyl halides is 3. The van der Waals surface area contributed by atoms with Crippen LogP contribution in [0.25, 0.3) is 27.0 Å². The van der Waals surface area contributed by atoms with E-state index in [2.05, 4.69) is 4.37 Å². The molecule has 4 aromatic rings. The van der Waals surface area contributed by atoms with E-state index < -0.39 is 23.1 Å². The summed E-state index contributed by atoms with van der Waals surface area (Å²) in [7, 11) is 0.975. The van der Waals surface area contributed by atoms with Crippen LogP contribution in [-0.4, -0.2) is 13.5 Å². The summed E-state index contributed by atoms with van der Waals surface area (Å²) in [5.74, 6) is 0. The highest BCUT2D eigenvalue weighted by atomic mass is 32.1. The van der Waals surface area contributed by atoms with E-state index in [1.165, 1.54) is 30.1 Å². The van der Waals surface area contributed by atoms with Gasteiger partial charge in [0, 0.05) is 24.1 Å². The topological polar surface area (TPSA) is 70.0 Å². The molecule has 0 aliphatic carbocycles. The average molecular weight is 393 g/mol. The summed E-state index contributed by atoms with van der Waals surface area (Å²) in [4.78, 5) is 24.7. The Morgan fingerprint density at radius 2 is 1.93 bits per heavy atom. The molecule has 0 amide bonds. The van der Waals surface area contributed by atoms with E-state index in [1.54, 1.807) is 18.2 Å². The normalized spacial score (nSPS) is 12.0. The number of fused-ring (bicyclic) bond motifs is 1. The maximum absolute atomic E-state index is 13.0. The Bertz CT molecular complexity index is 1270. The van der Waals surface area contributed by atoms with Crippen molar-refractivity contribution >= 4 is 21.6 Å². The minimum absolute atomic E-state index is 0.159. The third kappa shape index (κ3) is 2.78. The zero-order valence-corrected chi connectivity index (χ0v) is 14.5. The van der Waals surface area contributed by atoms with E-state index in [9.17, 15) is 22.8 Å². The predicted molar refractivity (Wildman–Crippen MR) is 93.2 cm³/mol. The highest BCUT2D eigenvalue weighted by molar-refractivity contribution is 7.13. The van der Waals surface area contributed by atoms with Crippen molar-refractivity contribution in [2.45, 2.75) is 6.18 Å². The summed E-state index contributed by atoms with van der Waals surface area (Å²) in [5, 5.41) is 0.660. The van der Waals surface area contributed by atoms with Gasteiger partial charge in [0.25, 0.3) is 5.56 Å². The predicted octanol–water partition coefficient (Wildman–Crippen LogP) is 3.42. The van der Waals surface area contributed by atoms with Crippen LogP contribution in [0.15, 0.2) is 56.9 Å². The smallest absolute Gasteiger partial charge is 0.431 e. The molecule has 0 aliphatic rings. The maximum Gasteiger partial charge on any atom is 0.431 e. The van der Waals surface area contributed by atoms with E-state index in [4.69, 9.17) is 4.42 Å². The average Bonchev–Trinajstić information content (AvgIpc) is 3.26. The zero-order valence-electron chi connectivity index (χ0n) is 13.6. The summed E-state index contributed by atoms with van der Waals surface area (Å²) in [6, 6.07) is 6.83. The molecule has 0 atom stereocenters. The number of nitrogens with zero attached hydrogens (tertiary/aromatic N) is 3. The minimum Gasteiger partial charge on any atom is -0.472 e. The first-order chi connectivity index (χ1) is 12.8. The van der Waals surface area contributed by atoms with Gasteiger partial charge in [-0.25, -0.2) is 9.36 Å². The summed E-state index contributed by atoms with van der Waals surface area (Å²) >= 11 is 1.22. The first-order valence-electron chi connectivity index (χ1n) is 7.60. The number of hydrogen-bond donors (Lipinski definition) is 0. The number of halogens is 3. The van der Waals surface area contributed by atoms with Crippen LogP contribution >= 0.6 is 11.5 Å². The number of furan rings is 1. The first-order valence-corrected chi connectivity index (χ1v) is 8.37. The van der Waals surface area contributed by atoms with Crippen LogP contribution in [-0.2, 0) is 13.2 Å². The van der Waals surface area contributed by atoms with Gasteiger partial charge in [0.1, 0.15) is 5.69 Å². The molecule has 138 valence electrons. The Balaban J connectivity index is 1.96. The fourth-order valence-corrected chi connectivity index (χ4v) is 3.58. The summed E-state index contributed by atoms with van der Waals surface area (Å²) in [6.07, 6.45) is -1.81. The van der Waals surface area contributed by atoms with Gasteiger partial charge in [-0.1, -0.05) is 0 Å². The number of hydrogen-bond acceptors (Lipinski definition) is 5. The Kier molecular flexibility index (Phi) is 3.81. The summed E-state index contributed by atoms with van der Waals surface area (Å²) < 4.78 is 50.3. The van der Waals surface area contributed by atoms with Crippen molar-refractivity contribution in [3.63, 3.8) is 0 Å². The lowest BCUT2D eigenvalue weighted by Crippen LogP contribution is -2.40. The monoisotopic (exact) mass is 393 g/mol. The fourth-order valence-electron chi connectivity index (χ4n) is 2.81. The largest absolute Gasteiger partial charge is 0.472 e. The molecule has 0 saturated carbocycles. The van der Waals surface area contributed by atoms with Crippen LogP contribution in [0.1, 0.15) is 5.69 Å². The second kappa shape index (κ2) is 5.95. The molecule has 0 N–H and O–H groups in total. The molecular formula is C17H10F3N3O3S. The van der Waals surface area contributed by atoms with Crippen molar-refractivity contribution in [2.75, 3.05) is 0 Å². The number of benzene rings is 1. The molecule has 0 aliphatic heterocycles. The van der Waals surface area contributed by atoms with Crippen molar-refractivity contribution in [3.05, 3.63) is 69.4 Å². The van der Waals surface area contributed by atoms with Crippen LogP contribution in [0, 0.1) is 0 Å². The Morgan fingerprint density at radius 3 is 2.59 bits per heavy atom. The quantitative estimate of drug-likeness (QED) is 0.523. The number of rotatable bonds is 2. The van der Waals surface area contributed by atoms with Gasteiger partial charge in [-0.3, -0.25) is 9.36 Å². The third-order valence-corrected chi connectivity index (χ3v) is 4.94. The molecule has 27 heavy (non-hydrogen) atoms. The zero-order chi connectivity index (χ0) is 19.3. The molecule has 1 aromatic carbocycles. The molecule has 6 nitrogen and oxygen atoms in total. The summed E-state index contributed by atoms with van der Waals surface area (Å²) in [5.41, 5.74) is -1.97. The van der Waals surface area contributed by atoms with Crippen molar-refractivity contribution in [1.82, 2.24) is 13.5 Å². The van der Waals surface area contributed by atoms with Gasteiger partial charge in [0.15, 0.2) is 0 Å². The number of aromatic nitrogens is 3. The standard InChI is InChI=1S/C17H10F3N3O3S/c1-22-13(17(18,19)20)7-14(24)23(16(22)25)10-2-3-12-11(6-10)15(21-27-12)9-4-5-26-8-9/h2-8H,1H3. The molecule has 4 rings (SSSR count). The molecule has 3 aromatic heterocycles. The lowest BCUT2D eigenvalue weighted by molar-refractivity contribution is -0.144. The van der Waals surface area contributed by atoms with Gasteiger partial charge in [0.2, 0.25) is 0 Å². The Morgan fingerprint density at radius 1 is 1.15 bits per heavy atom. The third-order valence-electron chi connectivity index (χ3n) is 4.12.